The van der Waals surface area contributed by atoms with Gasteiger partial charge in [0.15, 0.2) is 0 Å². The number of aromatic nitrogens is 1. The summed E-state index contributed by atoms with van der Waals surface area (Å²) in [5.41, 5.74) is 1.51. The summed E-state index contributed by atoms with van der Waals surface area (Å²) in [6.45, 7) is 4.62. The minimum atomic E-state index is -0.121. The van der Waals surface area contributed by atoms with Crippen LogP contribution in [-0.4, -0.2) is 54.4 Å². The van der Waals surface area contributed by atoms with Crippen LogP contribution >= 0.6 is 0 Å². The van der Waals surface area contributed by atoms with Crippen LogP contribution in [0.4, 0.5) is 17.2 Å². The lowest BCUT2D eigenvalue weighted by Gasteiger charge is -2.35. The van der Waals surface area contributed by atoms with Gasteiger partial charge in [0.25, 0.3) is 0 Å². The van der Waals surface area contributed by atoms with Gasteiger partial charge >= 0.3 is 0 Å². The molecule has 2 amide bonds. The van der Waals surface area contributed by atoms with Crippen molar-refractivity contribution in [2.75, 3.05) is 48.3 Å². The van der Waals surface area contributed by atoms with Crippen molar-refractivity contribution in [3.05, 3.63) is 48.7 Å². The summed E-state index contributed by atoms with van der Waals surface area (Å²) in [7, 11) is 0. The van der Waals surface area contributed by atoms with Crippen molar-refractivity contribution in [2.24, 2.45) is 0 Å². The van der Waals surface area contributed by atoms with Crippen LogP contribution in [0, 0.1) is 0 Å². The number of piperazine rings is 1. The highest BCUT2D eigenvalue weighted by Gasteiger charge is 2.21. The third-order valence-electron chi connectivity index (χ3n) is 4.23. The molecule has 2 N–H and O–H groups in total. The minimum Gasteiger partial charge on any atom is -0.376 e. The molecule has 0 unspecified atom stereocenters. The van der Waals surface area contributed by atoms with E-state index in [2.05, 4.69) is 20.5 Å². The van der Waals surface area contributed by atoms with Gasteiger partial charge < -0.3 is 20.4 Å². The van der Waals surface area contributed by atoms with Crippen LogP contribution < -0.4 is 15.5 Å². The Kier molecular flexibility index (Phi) is 5.68. The molecule has 0 bridgehead atoms. The number of nitrogens with zero attached hydrogens (tertiary/aromatic N) is 3. The normalized spacial score (nSPS) is 14.0. The highest BCUT2D eigenvalue weighted by Crippen LogP contribution is 2.16. The number of benzene rings is 1. The second-order valence-electron chi connectivity index (χ2n) is 6.17. The Bertz CT molecular complexity index is 758. The average molecular weight is 353 g/mol. The van der Waals surface area contributed by atoms with Crippen LogP contribution in [0.2, 0.25) is 0 Å². The fourth-order valence-corrected chi connectivity index (χ4v) is 2.93. The van der Waals surface area contributed by atoms with E-state index in [9.17, 15) is 9.59 Å². The molecule has 1 aromatic carbocycles. The number of carbonyl (C=O) groups is 2. The Morgan fingerprint density at radius 2 is 1.81 bits per heavy atom. The number of hydrogen-bond donors (Lipinski definition) is 2. The standard InChI is InChI=1S/C19H23N5O2/c1-15(25)22-17-6-4-5-16(13-17)21-14-19(26)24-11-9-23(10-12-24)18-7-2-3-8-20-18/h2-8,13,21H,9-12,14H2,1H3,(H,22,25). The van der Waals surface area contributed by atoms with Crippen LogP contribution in [0.1, 0.15) is 6.92 Å². The Morgan fingerprint density at radius 3 is 2.50 bits per heavy atom. The third-order valence-corrected chi connectivity index (χ3v) is 4.23. The van der Waals surface area contributed by atoms with Gasteiger partial charge in [-0.05, 0) is 30.3 Å². The van der Waals surface area contributed by atoms with E-state index >= 15 is 0 Å². The summed E-state index contributed by atoms with van der Waals surface area (Å²) in [5.74, 6) is 0.895. The third kappa shape index (κ3) is 4.72. The number of anilines is 3. The molecule has 0 aliphatic carbocycles. The van der Waals surface area contributed by atoms with Crippen LogP contribution in [-0.2, 0) is 9.59 Å². The molecule has 3 rings (SSSR count). The zero-order valence-electron chi connectivity index (χ0n) is 14.8. The van der Waals surface area contributed by atoms with E-state index in [0.29, 0.717) is 18.8 Å². The first-order valence-electron chi connectivity index (χ1n) is 8.67. The van der Waals surface area contributed by atoms with Crippen molar-refractivity contribution in [3.8, 4) is 0 Å². The molecule has 26 heavy (non-hydrogen) atoms. The number of rotatable bonds is 5. The predicted molar refractivity (Wildman–Crippen MR) is 102 cm³/mol. The molecule has 0 radical (unpaired) electrons. The minimum absolute atomic E-state index is 0.0654. The fraction of sp³-hybridized carbons (Fsp3) is 0.316. The molecule has 1 fully saturated rings. The van der Waals surface area contributed by atoms with Gasteiger partial charge in [0.05, 0.1) is 6.54 Å². The average Bonchev–Trinajstić information content (AvgIpc) is 2.67. The lowest BCUT2D eigenvalue weighted by Crippen LogP contribution is -2.50. The van der Waals surface area contributed by atoms with E-state index in [1.165, 1.54) is 6.92 Å². The fourth-order valence-electron chi connectivity index (χ4n) is 2.93. The molecule has 0 atom stereocenters. The first kappa shape index (κ1) is 17.7. The summed E-state index contributed by atoms with van der Waals surface area (Å²) in [6.07, 6.45) is 1.78. The molecule has 1 aliphatic heterocycles. The maximum Gasteiger partial charge on any atom is 0.241 e. The smallest absolute Gasteiger partial charge is 0.241 e. The topological polar surface area (TPSA) is 77.6 Å². The van der Waals surface area contributed by atoms with Gasteiger partial charge in [0, 0.05) is 50.7 Å². The quantitative estimate of drug-likeness (QED) is 0.857. The van der Waals surface area contributed by atoms with E-state index in [4.69, 9.17) is 0 Å². The van der Waals surface area contributed by atoms with Crippen molar-refractivity contribution in [1.82, 2.24) is 9.88 Å². The Labute approximate surface area is 153 Å². The Morgan fingerprint density at radius 1 is 1.04 bits per heavy atom. The van der Waals surface area contributed by atoms with Crippen LogP contribution in [0.25, 0.3) is 0 Å². The Balaban J connectivity index is 1.48. The maximum atomic E-state index is 12.4. The van der Waals surface area contributed by atoms with Gasteiger partial charge in [0.2, 0.25) is 11.8 Å². The number of pyridine rings is 1. The SMILES string of the molecule is CC(=O)Nc1cccc(NCC(=O)N2CCN(c3ccccn3)CC2)c1. The molecule has 0 spiro atoms. The zero-order chi connectivity index (χ0) is 18.4. The number of hydrogen-bond acceptors (Lipinski definition) is 5. The second-order valence-corrected chi connectivity index (χ2v) is 6.17. The van der Waals surface area contributed by atoms with E-state index in [1.54, 1.807) is 6.20 Å². The van der Waals surface area contributed by atoms with E-state index in [-0.39, 0.29) is 18.4 Å². The number of carbonyl (C=O) groups excluding carboxylic acids is 2. The van der Waals surface area contributed by atoms with E-state index in [0.717, 1.165) is 24.6 Å². The highest BCUT2D eigenvalue weighted by molar-refractivity contribution is 5.89. The Hall–Kier alpha value is -3.09. The van der Waals surface area contributed by atoms with Gasteiger partial charge in [-0.1, -0.05) is 12.1 Å². The highest BCUT2D eigenvalue weighted by atomic mass is 16.2. The van der Waals surface area contributed by atoms with Crippen molar-refractivity contribution >= 4 is 29.0 Å². The summed E-state index contributed by atoms with van der Waals surface area (Å²) in [4.78, 5) is 32.0. The first-order valence-corrected chi connectivity index (χ1v) is 8.67. The molecule has 7 heteroatoms. The van der Waals surface area contributed by atoms with E-state index in [1.807, 2.05) is 47.4 Å². The van der Waals surface area contributed by atoms with Gasteiger partial charge in [-0.2, -0.15) is 0 Å². The maximum absolute atomic E-state index is 12.4. The van der Waals surface area contributed by atoms with Crippen molar-refractivity contribution in [3.63, 3.8) is 0 Å². The van der Waals surface area contributed by atoms with Crippen molar-refractivity contribution in [2.45, 2.75) is 6.92 Å². The predicted octanol–water partition coefficient (Wildman–Crippen LogP) is 1.80. The van der Waals surface area contributed by atoms with Crippen LogP contribution in [0.15, 0.2) is 48.7 Å². The molecule has 2 aromatic rings. The van der Waals surface area contributed by atoms with Gasteiger partial charge in [-0.3, -0.25) is 9.59 Å². The van der Waals surface area contributed by atoms with Gasteiger partial charge in [-0.15, -0.1) is 0 Å². The lowest BCUT2D eigenvalue weighted by atomic mass is 10.2. The van der Waals surface area contributed by atoms with E-state index < -0.39 is 0 Å². The first-order chi connectivity index (χ1) is 12.6. The molecule has 1 aliphatic rings. The number of nitrogens with one attached hydrogen (secondary N) is 2. The largest absolute Gasteiger partial charge is 0.376 e. The summed E-state index contributed by atoms with van der Waals surface area (Å²) >= 11 is 0. The molecule has 1 saturated heterocycles. The number of amides is 2. The second kappa shape index (κ2) is 8.33. The van der Waals surface area contributed by atoms with Gasteiger partial charge in [-0.25, -0.2) is 4.98 Å². The molecule has 7 nitrogen and oxygen atoms in total. The molecular formula is C19H23N5O2. The molecule has 136 valence electrons. The van der Waals surface area contributed by atoms with Crippen molar-refractivity contribution in [1.29, 1.82) is 0 Å². The lowest BCUT2D eigenvalue weighted by molar-refractivity contribution is -0.129. The summed E-state index contributed by atoms with van der Waals surface area (Å²) in [5, 5.41) is 5.86. The molecule has 0 saturated carbocycles. The van der Waals surface area contributed by atoms with Gasteiger partial charge in [0.1, 0.15) is 5.82 Å². The van der Waals surface area contributed by atoms with Crippen LogP contribution in [0.3, 0.4) is 0 Å². The summed E-state index contributed by atoms with van der Waals surface area (Å²) in [6, 6.07) is 13.2. The summed E-state index contributed by atoms with van der Waals surface area (Å²) < 4.78 is 0. The van der Waals surface area contributed by atoms with Crippen molar-refractivity contribution < 1.29 is 9.59 Å². The molecule has 2 heterocycles. The molecule has 1 aromatic heterocycles. The zero-order valence-corrected chi connectivity index (χ0v) is 14.8. The molecular weight excluding hydrogens is 330 g/mol. The monoisotopic (exact) mass is 353 g/mol. The van der Waals surface area contributed by atoms with Crippen LogP contribution in [0.5, 0.6) is 0 Å².